The summed E-state index contributed by atoms with van der Waals surface area (Å²) >= 11 is 0.130. The van der Waals surface area contributed by atoms with Crippen LogP contribution in [-0.2, 0) is 0 Å². The van der Waals surface area contributed by atoms with Gasteiger partial charge < -0.3 is 0 Å². The molecule has 1 aliphatic heterocycles. The molecule has 0 atom stereocenters. The molecule has 5 heteroatoms. The van der Waals surface area contributed by atoms with E-state index in [-0.39, 0.29) is 15.8 Å². The predicted molar refractivity (Wildman–Crippen MR) is 72.1 cm³/mol. The van der Waals surface area contributed by atoms with Crippen LogP contribution in [0.3, 0.4) is 0 Å². The minimum atomic E-state index is 0.130. The van der Waals surface area contributed by atoms with E-state index in [1.54, 1.807) is 0 Å². The summed E-state index contributed by atoms with van der Waals surface area (Å²) < 4.78 is 1.07. The van der Waals surface area contributed by atoms with E-state index in [1.165, 1.54) is 5.21 Å². The Morgan fingerprint density at radius 2 is 2.18 bits per heavy atom. The molecular formula is C12H20AsN4. The molecule has 0 bridgehead atoms. The molecule has 2 rings (SSSR count). The first-order valence-corrected chi connectivity index (χ1v) is 8.48. The molecule has 17 heavy (non-hydrogen) atoms. The Morgan fingerprint density at radius 3 is 2.88 bits per heavy atom. The summed E-state index contributed by atoms with van der Waals surface area (Å²) in [5, 5.41) is 4.61. The zero-order valence-electron chi connectivity index (χ0n) is 10.6. The Balaban J connectivity index is 2.00. The first-order chi connectivity index (χ1) is 8.25. The van der Waals surface area contributed by atoms with Crippen molar-refractivity contribution in [3.05, 3.63) is 12.3 Å². The van der Waals surface area contributed by atoms with Gasteiger partial charge >= 0.3 is 110 Å². The zero-order chi connectivity index (χ0) is 12.1. The van der Waals surface area contributed by atoms with Crippen LogP contribution in [0.25, 0.3) is 0 Å². The monoisotopic (exact) mass is 295 g/mol. The minimum absolute atomic E-state index is 0.130. The van der Waals surface area contributed by atoms with E-state index >= 15 is 0 Å². The molecule has 0 unspecified atom stereocenters. The van der Waals surface area contributed by atoms with Gasteiger partial charge in [0.2, 0.25) is 0 Å². The van der Waals surface area contributed by atoms with Gasteiger partial charge in [-0.05, 0) is 0 Å². The molecular weight excluding hydrogens is 275 g/mol. The Hall–Kier alpha value is -0.602. The van der Waals surface area contributed by atoms with Crippen LogP contribution in [0, 0.1) is 5.92 Å². The molecule has 0 aliphatic carbocycles. The first kappa shape index (κ1) is 12.8. The van der Waals surface area contributed by atoms with E-state index in [1.807, 2.05) is 12.3 Å². The fourth-order valence-electron chi connectivity index (χ4n) is 1.75. The van der Waals surface area contributed by atoms with Crippen LogP contribution in [0.5, 0.6) is 0 Å². The number of rotatable bonds is 4. The second-order valence-corrected chi connectivity index (χ2v) is 6.96. The summed E-state index contributed by atoms with van der Waals surface area (Å²) in [7, 11) is 0. The molecule has 0 saturated carbocycles. The molecule has 2 heterocycles. The molecule has 0 aromatic carbocycles. The number of hydrogen-bond acceptors (Lipinski definition) is 4. The van der Waals surface area contributed by atoms with Crippen LogP contribution in [0.4, 0.5) is 5.82 Å². The van der Waals surface area contributed by atoms with Gasteiger partial charge in [-0.15, -0.1) is 0 Å². The fourth-order valence-corrected chi connectivity index (χ4v) is 3.53. The average molecular weight is 295 g/mol. The second kappa shape index (κ2) is 6.36. The predicted octanol–water partition coefficient (Wildman–Crippen LogP) is 0.290. The molecule has 1 aliphatic rings. The molecule has 1 radical (unpaired) electrons. The normalized spacial score (nSPS) is 17.2. The standard InChI is InChI=1S/C12H20AsN4/c1-10(2)9-13-12-15-4-3-11(16-12)17-7-5-14-6-8-17/h3-4,10,14H,5-9H2,1-2H3. The summed E-state index contributed by atoms with van der Waals surface area (Å²) in [4.78, 5) is 11.4. The molecule has 0 amide bonds. The van der Waals surface area contributed by atoms with E-state index in [4.69, 9.17) is 4.98 Å². The number of nitrogens with one attached hydrogen (secondary N) is 1. The third-order valence-electron chi connectivity index (χ3n) is 2.67. The molecule has 1 saturated heterocycles. The Labute approximate surface area is 110 Å². The van der Waals surface area contributed by atoms with Gasteiger partial charge in [0, 0.05) is 0 Å². The molecule has 93 valence electrons. The van der Waals surface area contributed by atoms with Crippen molar-refractivity contribution in [3.63, 3.8) is 0 Å². The average Bonchev–Trinajstić information content (AvgIpc) is 2.38. The van der Waals surface area contributed by atoms with Crippen molar-refractivity contribution in [1.29, 1.82) is 0 Å². The van der Waals surface area contributed by atoms with Crippen LogP contribution in [0.2, 0.25) is 5.21 Å². The van der Waals surface area contributed by atoms with Gasteiger partial charge in [0.15, 0.2) is 0 Å². The van der Waals surface area contributed by atoms with Crippen LogP contribution >= 0.6 is 0 Å². The molecule has 1 fully saturated rings. The summed E-state index contributed by atoms with van der Waals surface area (Å²) in [5.41, 5.74) is 0. The molecule has 1 aromatic heterocycles. The van der Waals surface area contributed by atoms with Crippen LogP contribution in [0.1, 0.15) is 13.8 Å². The molecule has 4 nitrogen and oxygen atoms in total. The van der Waals surface area contributed by atoms with E-state index < -0.39 is 0 Å². The van der Waals surface area contributed by atoms with Crippen molar-refractivity contribution in [3.8, 4) is 0 Å². The Bertz CT molecular complexity index is 350. The van der Waals surface area contributed by atoms with Gasteiger partial charge in [0.25, 0.3) is 0 Å². The summed E-state index contributed by atoms with van der Waals surface area (Å²) in [6.45, 7) is 8.73. The van der Waals surface area contributed by atoms with Crippen molar-refractivity contribution < 1.29 is 0 Å². The summed E-state index contributed by atoms with van der Waals surface area (Å²) in [6, 6.07) is 2.03. The van der Waals surface area contributed by atoms with Crippen molar-refractivity contribution >= 4 is 26.2 Å². The Morgan fingerprint density at radius 1 is 1.41 bits per heavy atom. The first-order valence-electron chi connectivity index (χ1n) is 6.22. The van der Waals surface area contributed by atoms with Crippen molar-refractivity contribution in [2.45, 2.75) is 19.1 Å². The number of anilines is 1. The van der Waals surface area contributed by atoms with Crippen LogP contribution in [0.15, 0.2) is 12.3 Å². The number of piperazine rings is 1. The maximum atomic E-state index is 4.70. The third-order valence-corrected chi connectivity index (χ3v) is 5.63. The number of hydrogen-bond donors (Lipinski definition) is 1. The quantitative estimate of drug-likeness (QED) is 0.811. The molecule has 1 N–H and O–H groups in total. The number of nitrogens with zero attached hydrogens (tertiary/aromatic N) is 3. The van der Waals surface area contributed by atoms with Gasteiger partial charge in [-0.3, -0.25) is 0 Å². The zero-order valence-corrected chi connectivity index (χ0v) is 12.4. The van der Waals surface area contributed by atoms with Gasteiger partial charge in [-0.2, -0.15) is 0 Å². The van der Waals surface area contributed by atoms with Gasteiger partial charge in [0.1, 0.15) is 0 Å². The number of aromatic nitrogens is 2. The summed E-state index contributed by atoms with van der Waals surface area (Å²) in [5.74, 6) is 1.86. The van der Waals surface area contributed by atoms with Crippen LogP contribution in [-0.4, -0.2) is 51.9 Å². The topological polar surface area (TPSA) is 41.1 Å². The Kier molecular flexibility index (Phi) is 4.81. The fraction of sp³-hybridized carbons (Fsp3) is 0.667. The molecule has 1 aromatic rings. The SMILES string of the molecule is CC(C)C[As]c1nccc(N2CCNCC2)n1. The third kappa shape index (κ3) is 3.97. The van der Waals surface area contributed by atoms with E-state index in [0.717, 1.165) is 42.5 Å². The van der Waals surface area contributed by atoms with Crippen molar-refractivity contribution in [2.24, 2.45) is 5.92 Å². The van der Waals surface area contributed by atoms with Crippen molar-refractivity contribution in [2.75, 3.05) is 31.1 Å². The van der Waals surface area contributed by atoms with Crippen molar-refractivity contribution in [1.82, 2.24) is 15.3 Å². The van der Waals surface area contributed by atoms with E-state index in [2.05, 4.69) is 29.0 Å². The maximum absolute atomic E-state index is 4.70. The van der Waals surface area contributed by atoms with E-state index in [9.17, 15) is 0 Å². The van der Waals surface area contributed by atoms with Crippen LogP contribution < -0.4 is 14.8 Å². The van der Waals surface area contributed by atoms with Gasteiger partial charge in [-0.25, -0.2) is 0 Å². The molecule has 0 spiro atoms. The van der Waals surface area contributed by atoms with Gasteiger partial charge in [-0.1, -0.05) is 0 Å². The van der Waals surface area contributed by atoms with E-state index in [0.29, 0.717) is 0 Å². The summed E-state index contributed by atoms with van der Waals surface area (Å²) in [6.07, 6.45) is 1.91. The van der Waals surface area contributed by atoms with Gasteiger partial charge in [0.05, 0.1) is 0 Å². The second-order valence-electron chi connectivity index (χ2n) is 4.69.